The summed E-state index contributed by atoms with van der Waals surface area (Å²) in [5, 5.41) is 18.6. The Labute approximate surface area is 91.0 Å². The third-order valence-corrected chi connectivity index (χ3v) is 2.33. The van der Waals surface area contributed by atoms with Crippen molar-refractivity contribution in [3.05, 3.63) is 35.5 Å². The van der Waals surface area contributed by atoms with E-state index in [0.29, 0.717) is 10.9 Å². The molecule has 0 saturated carbocycles. The minimum absolute atomic E-state index is 0.116. The summed E-state index contributed by atoms with van der Waals surface area (Å²) in [6, 6.07) is 8.78. The van der Waals surface area contributed by atoms with Gasteiger partial charge in [0.2, 0.25) is 0 Å². The highest BCUT2D eigenvalue weighted by atomic mass is 16.6. The van der Waals surface area contributed by atoms with Crippen LogP contribution >= 0.6 is 0 Å². The lowest BCUT2D eigenvalue weighted by Crippen LogP contribution is -2.14. The number of nitriles is 1. The van der Waals surface area contributed by atoms with Crippen LogP contribution in [-0.2, 0) is 0 Å². The minimum Gasteiger partial charge on any atom is -0.476 e. The van der Waals surface area contributed by atoms with Crippen molar-refractivity contribution in [2.24, 2.45) is 0 Å². The Bertz CT molecular complexity index is 607. The van der Waals surface area contributed by atoms with Gasteiger partial charge >= 0.3 is 5.97 Å². The highest BCUT2D eigenvalue weighted by Gasteiger charge is 2.22. The van der Waals surface area contributed by atoms with Crippen molar-refractivity contribution in [1.82, 2.24) is 4.73 Å². The van der Waals surface area contributed by atoms with Crippen LogP contribution in [0.2, 0.25) is 0 Å². The van der Waals surface area contributed by atoms with Gasteiger partial charge in [-0.2, -0.15) is 9.99 Å². The summed E-state index contributed by atoms with van der Waals surface area (Å²) in [6.07, 6.45) is 0. The van der Waals surface area contributed by atoms with Crippen LogP contribution in [0.25, 0.3) is 10.9 Å². The fourth-order valence-electron chi connectivity index (χ4n) is 1.71. The molecule has 0 aliphatic heterocycles. The Hall–Kier alpha value is -2.48. The first-order chi connectivity index (χ1) is 7.70. The van der Waals surface area contributed by atoms with E-state index in [1.807, 2.05) is 6.07 Å². The molecule has 0 atom stereocenters. The molecule has 1 N–H and O–H groups in total. The molecule has 0 saturated heterocycles. The molecular weight excluding hydrogens is 208 g/mol. The number of carboxylic acids is 1. The Morgan fingerprint density at radius 3 is 2.75 bits per heavy atom. The van der Waals surface area contributed by atoms with Gasteiger partial charge in [0.15, 0.2) is 5.69 Å². The van der Waals surface area contributed by atoms with E-state index in [1.54, 1.807) is 24.3 Å². The molecule has 1 aromatic heterocycles. The first kappa shape index (κ1) is 10.1. The normalized spacial score (nSPS) is 10.0. The van der Waals surface area contributed by atoms with Crippen molar-refractivity contribution in [2.45, 2.75) is 0 Å². The number of benzene rings is 1. The maximum Gasteiger partial charge on any atom is 0.357 e. The van der Waals surface area contributed by atoms with Gasteiger partial charge in [-0.1, -0.05) is 18.2 Å². The van der Waals surface area contributed by atoms with E-state index in [2.05, 4.69) is 0 Å². The molecule has 2 rings (SSSR count). The van der Waals surface area contributed by atoms with Crippen molar-refractivity contribution < 1.29 is 14.7 Å². The number of fused-ring (bicyclic) bond motifs is 1. The lowest BCUT2D eigenvalue weighted by molar-refractivity contribution is 0.0645. The van der Waals surface area contributed by atoms with E-state index in [9.17, 15) is 4.79 Å². The highest BCUT2D eigenvalue weighted by Crippen LogP contribution is 2.24. The second-order valence-electron chi connectivity index (χ2n) is 3.13. The maximum absolute atomic E-state index is 11.1. The quantitative estimate of drug-likeness (QED) is 0.820. The zero-order valence-electron chi connectivity index (χ0n) is 8.47. The standard InChI is InChI=1S/C11H8N2O3/c1-16-13-9-5-3-2-4-7(9)8(6-12)10(13)11(14)15/h2-5H,1H3,(H,14,15). The van der Waals surface area contributed by atoms with E-state index < -0.39 is 5.97 Å². The third kappa shape index (κ3) is 1.21. The smallest absolute Gasteiger partial charge is 0.357 e. The molecule has 0 amide bonds. The average molecular weight is 216 g/mol. The van der Waals surface area contributed by atoms with E-state index in [1.165, 1.54) is 7.11 Å². The highest BCUT2D eigenvalue weighted by molar-refractivity contribution is 5.99. The Balaban J connectivity index is 2.97. The molecular formula is C11H8N2O3. The van der Waals surface area contributed by atoms with Gasteiger partial charge in [-0.25, -0.2) is 4.79 Å². The molecule has 0 spiro atoms. The van der Waals surface area contributed by atoms with Crippen molar-refractivity contribution in [2.75, 3.05) is 7.11 Å². The average Bonchev–Trinajstić information content (AvgIpc) is 2.62. The number of aromatic nitrogens is 1. The van der Waals surface area contributed by atoms with Gasteiger partial charge < -0.3 is 9.94 Å². The number of rotatable bonds is 2. The predicted octanol–water partition coefficient (Wildman–Crippen LogP) is 1.27. The Kier molecular flexibility index (Phi) is 2.25. The van der Waals surface area contributed by atoms with Crippen molar-refractivity contribution in [3.8, 4) is 6.07 Å². The van der Waals surface area contributed by atoms with E-state index >= 15 is 0 Å². The molecule has 0 aliphatic rings. The zero-order valence-corrected chi connectivity index (χ0v) is 8.47. The molecule has 0 unspecified atom stereocenters. The topological polar surface area (TPSA) is 75.2 Å². The molecule has 16 heavy (non-hydrogen) atoms. The molecule has 5 heteroatoms. The van der Waals surface area contributed by atoms with Crippen molar-refractivity contribution in [1.29, 1.82) is 5.26 Å². The van der Waals surface area contributed by atoms with Crippen molar-refractivity contribution in [3.63, 3.8) is 0 Å². The number of hydrogen-bond acceptors (Lipinski definition) is 3. The second kappa shape index (κ2) is 3.59. The van der Waals surface area contributed by atoms with Crippen LogP contribution in [0.5, 0.6) is 0 Å². The first-order valence-corrected chi connectivity index (χ1v) is 4.52. The number of para-hydroxylation sites is 1. The molecule has 5 nitrogen and oxygen atoms in total. The molecule has 2 aromatic rings. The zero-order chi connectivity index (χ0) is 11.7. The molecule has 80 valence electrons. The van der Waals surface area contributed by atoms with Gasteiger partial charge in [0.25, 0.3) is 0 Å². The third-order valence-electron chi connectivity index (χ3n) is 2.33. The predicted molar refractivity (Wildman–Crippen MR) is 56.1 cm³/mol. The summed E-state index contributed by atoms with van der Waals surface area (Å²) in [5.41, 5.74) is 0.537. The Morgan fingerprint density at radius 2 is 2.19 bits per heavy atom. The van der Waals surface area contributed by atoms with Gasteiger partial charge in [-0.15, -0.1) is 0 Å². The van der Waals surface area contributed by atoms with E-state index in [-0.39, 0.29) is 11.3 Å². The number of nitrogens with zero attached hydrogens (tertiary/aromatic N) is 2. The maximum atomic E-state index is 11.1. The summed E-state index contributed by atoms with van der Waals surface area (Å²) in [6.45, 7) is 0. The minimum atomic E-state index is -1.19. The largest absolute Gasteiger partial charge is 0.476 e. The molecule has 0 aliphatic carbocycles. The summed E-state index contributed by atoms with van der Waals surface area (Å²) in [5.74, 6) is -1.19. The van der Waals surface area contributed by atoms with E-state index in [4.69, 9.17) is 15.2 Å². The molecule has 0 fully saturated rings. The van der Waals surface area contributed by atoms with Gasteiger partial charge in [-0.3, -0.25) is 0 Å². The van der Waals surface area contributed by atoms with Gasteiger partial charge in [0.05, 0.1) is 11.1 Å². The molecule has 0 radical (unpaired) electrons. The van der Waals surface area contributed by atoms with Crippen molar-refractivity contribution >= 4 is 16.9 Å². The molecule has 1 aromatic carbocycles. The summed E-state index contributed by atoms with van der Waals surface area (Å²) in [4.78, 5) is 16.1. The number of carbonyl (C=O) groups is 1. The van der Waals surface area contributed by atoms with Crippen LogP contribution in [-0.4, -0.2) is 22.9 Å². The number of aromatic carboxylic acids is 1. The van der Waals surface area contributed by atoms with Gasteiger partial charge in [0, 0.05) is 5.39 Å². The first-order valence-electron chi connectivity index (χ1n) is 4.52. The molecule has 1 heterocycles. The SMILES string of the molecule is COn1c(C(=O)O)c(C#N)c2ccccc21. The number of hydrogen-bond donors (Lipinski definition) is 1. The monoisotopic (exact) mass is 216 g/mol. The summed E-state index contributed by atoms with van der Waals surface area (Å²) in [7, 11) is 1.36. The number of carboxylic acid groups (broad SMARTS) is 1. The summed E-state index contributed by atoms with van der Waals surface area (Å²) < 4.78 is 1.15. The second-order valence-corrected chi connectivity index (χ2v) is 3.13. The van der Waals surface area contributed by atoms with Crippen LogP contribution in [0.4, 0.5) is 0 Å². The fraction of sp³-hybridized carbons (Fsp3) is 0.0909. The van der Waals surface area contributed by atoms with Crippen LogP contribution in [0, 0.1) is 11.3 Å². The lowest BCUT2D eigenvalue weighted by Gasteiger charge is -2.04. The Morgan fingerprint density at radius 1 is 1.50 bits per heavy atom. The van der Waals surface area contributed by atoms with Gasteiger partial charge in [-0.05, 0) is 6.07 Å². The van der Waals surface area contributed by atoms with Crippen LogP contribution in [0.1, 0.15) is 16.1 Å². The van der Waals surface area contributed by atoms with Crippen LogP contribution in [0.15, 0.2) is 24.3 Å². The fourth-order valence-corrected chi connectivity index (χ4v) is 1.71. The van der Waals surface area contributed by atoms with E-state index in [0.717, 1.165) is 4.73 Å². The summed E-state index contributed by atoms with van der Waals surface area (Å²) >= 11 is 0. The molecule has 0 bridgehead atoms. The van der Waals surface area contributed by atoms with Crippen LogP contribution in [0.3, 0.4) is 0 Å². The lowest BCUT2D eigenvalue weighted by atomic mass is 10.1. The van der Waals surface area contributed by atoms with Crippen LogP contribution < -0.4 is 4.84 Å². The van der Waals surface area contributed by atoms with Gasteiger partial charge in [0.1, 0.15) is 13.2 Å².